The van der Waals surface area contributed by atoms with Crippen LogP contribution in [0.25, 0.3) is 0 Å². The molecule has 58 heavy (non-hydrogen) atoms. The topological polar surface area (TPSA) is 392 Å². The second kappa shape index (κ2) is 20.5. The van der Waals surface area contributed by atoms with Crippen molar-refractivity contribution >= 4 is 17.8 Å². The minimum atomic E-state index is -3.10. The second-order valence-electron chi connectivity index (χ2n) is 14.5. The summed E-state index contributed by atoms with van der Waals surface area (Å²) in [7, 11) is 0. The summed E-state index contributed by atoms with van der Waals surface area (Å²) < 4.78 is 46.4. The maximum atomic E-state index is 12.9. The molecule has 0 aromatic carbocycles. The first-order chi connectivity index (χ1) is 27.2. The van der Waals surface area contributed by atoms with Gasteiger partial charge in [-0.15, -0.1) is 0 Å². The van der Waals surface area contributed by atoms with Gasteiger partial charge in [0.1, 0.15) is 85.4 Å². The fraction of sp³-hybridized carbons (Fsp3) is 0.909. The van der Waals surface area contributed by atoms with Crippen LogP contribution in [0.2, 0.25) is 0 Å². The lowest BCUT2D eigenvalue weighted by atomic mass is 9.88. The highest BCUT2D eigenvalue weighted by molar-refractivity contribution is 5.76. The predicted octanol–water partition coefficient (Wildman–Crippen LogP) is -8.18. The van der Waals surface area contributed by atoms with E-state index in [2.05, 4.69) is 10.6 Å². The Kier molecular flexibility index (Phi) is 17.1. The van der Waals surface area contributed by atoms with E-state index in [9.17, 15) is 75.7 Å². The third-order valence-corrected chi connectivity index (χ3v) is 10.3. The number of amides is 2. The number of hydrogen-bond acceptors (Lipinski definition) is 22. The molecule has 4 rings (SSSR count). The van der Waals surface area contributed by atoms with E-state index in [4.69, 9.17) is 37.9 Å². The summed E-state index contributed by atoms with van der Waals surface area (Å²) in [6, 6.07) is -2.97. The SMILES string of the molecule is CCOC1OC(CO)C(OC2OC(CO)C(O)C(OC3(C(=O)O)CC(O)C(NC(C)=O)C([C@H](O)[C@H](O)CO)O3)C2O)C(OC2OC(C)C(O)C(O)C2O)C1NC(C)=O. The van der Waals surface area contributed by atoms with Gasteiger partial charge in [-0.1, -0.05) is 0 Å². The van der Waals surface area contributed by atoms with Gasteiger partial charge in [0.05, 0.1) is 38.1 Å². The van der Waals surface area contributed by atoms with Crippen LogP contribution >= 0.6 is 0 Å². The first kappa shape index (κ1) is 48.3. The van der Waals surface area contributed by atoms with Crippen LogP contribution in [0.3, 0.4) is 0 Å². The maximum Gasteiger partial charge on any atom is 0.364 e. The molecule has 14 N–H and O–H groups in total. The summed E-state index contributed by atoms with van der Waals surface area (Å²) >= 11 is 0. The van der Waals surface area contributed by atoms with Crippen LogP contribution < -0.4 is 10.6 Å². The zero-order valence-electron chi connectivity index (χ0n) is 31.9. The average molecular weight is 849 g/mol. The van der Waals surface area contributed by atoms with Crippen LogP contribution in [0.4, 0.5) is 0 Å². The van der Waals surface area contributed by atoms with E-state index in [1.165, 1.54) is 6.92 Å². The molecule has 4 aliphatic heterocycles. The molecular formula is C33H56N2O23. The van der Waals surface area contributed by atoms with Crippen LogP contribution in [0.15, 0.2) is 0 Å². The van der Waals surface area contributed by atoms with Crippen molar-refractivity contribution < 1.29 is 114 Å². The van der Waals surface area contributed by atoms with E-state index in [1.54, 1.807) is 6.92 Å². The van der Waals surface area contributed by atoms with Gasteiger partial charge in [0.2, 0.25) is 11.8 Å². The number of nitrogens with one attached hydrogen (secondary N) is 2. The molecule has 4 saturated heterocycles. The Labute approximate surface area is 330 Å². The number of carboxylic acid groups (broad SMARTS) is 1. The van der Waals surface area contributed by atoms with E-state index < -0.39 is 172 Å². The van der Waals surface area contributed by atoms with Gasteiger partial charge in [-0.05, 0) is 13.8 Å². The van der Waals surface area contributed by atoms with Crippen molar-refractivity contribution in [3.05, 3.63) is 0 Å². The summed E-state index contributed by atoms with van der Waals surface area (Å²) in [5, 5.41) is 132. The monoisotopic (exact) mass is 848 g/mol. The lowest BCUT2D eigenvalue weighted by molar-refractivity contribution is -0.391. The molecule has 4 fully saturated rings. The Hall–Kier alpha value is -2.35. The van der Waals surface area contributed by atoms with Gasteiger partial charge in [-0.2, -0.15) is 0 Å². The molecule has 4 aliphatic rings. The molecule has 25 heteroatoms. The van der Waals surface area contributed by atoms with Gasteiger partial charge >= 0.3 is 5.97 Å². The lowest BCUT2D eigenvalue weighted by Crippen LogP contribution is -2.71. The van der Waals surface area contributed by atoms with Crippen molar-refractivity contribution in [1.82, 2.24) is 10.6 Å². The lowest BCUT2D eigenvalue weighted by Gasteiger charge is -2.51. The Bertz CT molecular complexity index is 1370. The number of carbonyl (C=O) groups is 3. The number of aliphatic hydroxyl groups is 11. The average Bonchev–Trinajstić information content (AvgIpc) is 3.17. The van der Waals surface area contributed by atoms with Gasteiger partial charge in [0.15, 0.2) is 18.9 Å². The zero-order chi connectivity index (χ0) is 43.4. The number of aliphatic hydroxyl groups excluding tert-OH is 11. The first-order valence-electron chi connectivity index (χ1n) is 18.5. The van der Waals surface area contributed by atoms with Crippen LogP contribution in [0, 0.1) is 0 Å². The summed E-state index contributed by atoms with van der Waals surface area (Å²) in [5.74, 6) is -6.55. The molecule has 0 aromatic rings. The van der Waals surface area contributed by atoms with Crippen molar-refractivity contribution in [3.8, 4) is 0 Å². The third-order valence-electron chi connectivity index (χ3n) is 10.3. The van der Waals surface area contributed by atoms with Crippen LogP contribution in [0.5, 0.6) is 0 Å². The highest BCUT2D eigenvalue weighted by Crippen LogP contribution is 2.39. The molecule has 0 radical (unpaired) electrons. The molecule has 0 saturated carbocycles. The largest absolute Gasteiger partial charge is 0.477 e. The molecule has 4 heterocycles. The fourth-order valence-corrected chi connectivity index (χ4v) is 7.28. The van der Waals surface area contributed by atoms with Gasteiger partial charge < -0.3 is 110 Å². The van der Waals surface area contributed by atoms with Gasteiger partial charge in [0.25, 0.3) is 5.79 Å². The highest BCUT2D eigenvalue weighted by Gasteiger charge is 2.60. The molecule has 19 unspecified atom stereocenters. The second-order valence-corrected chi connectivity index (χ2v) is 14.5. The standard InChI is InChI=1S/C33H56N2O23/c1-5-51-29-18(35-12(4)40)27(56-30-23(47)22(46)19(43)10(2)52-30)25(16(9-38)54-29)55-31-24(48)28(21(45)15(8-37)53-31)58-33(32(49)50)6-13(41)17(34-11(3)39)26(57-33)20(44)14(42)7-36/h10,13-31,36-38,41-48H,5-9H2,1-4H3,(H,34,39)(H,35,40)(H,49,50)/t10?,13?,14-,15?,16?,17?,18?,19?,20-,21?,22?,23?,24?,25?,26?,27?,28?,29?,30?,31?,33?/m1/s1. The summed E-state index contributed by atoms with van der Waals surface area (Å²) in [5.41, 5.74) is 0. The van der Waals surface area contributed by atoms with E-state index in [1.807, 2.05) is 0 Å². The van der Waals surface area contributed by atoms with E-state index in [-0.39, 0.29) is 6.61 Å². The molecule has 21 atom stereocenters. The molecule has 2 amide bonds. The zero-order valence-corrected chi connectivity index (χ0v) is 31.9. The highest BCUT2D eigenvalue weighted by atomic mass is 16.8. The molecule has 0 aromatic heterocycles. The van der Waals surface area contributed by atoms with Crippen molar-refractivity contribution in [2.45, 2.75) is 162 Å². The first-order valence-corrected chi connectivity index (χ1v) is 18.5. The van der Waals surface area contributed by atoms with Crippen molar-refractivity contribution in [1.29, 1.82) is 0 Å². The summed E-state index contributed by atoms with van der Waals surface area (Å²) in [4.78, 5) is 37.3. The Morgan fingerprint density at radius 2 is 1.31 bits per heavy atom. The number of hydrogen-bond donors (Lipinski definition) is 14. The minimum Gasteiger partial charge on any atom is -0.477 e. The molecular weight excluding hydrogens is 792 g/mol. The van der Waals surface area contributed by atoms with Crippen molar-refractivity contribution in [2.24, 2.45) is 0 Å². The third kappa shape index (κ3) is 10.4. The number of rotatable bonds is 16. The Balaban J connectivity index is 1.73. The number of ether oxygens (including phenoxy) is 8. The number of aliphatic carboxylic acids is 1. The van der Waals surface area contributed by atoms with Crippen LogP contribution in [0.1, 0.15) is 34.1 Å². The quantitative estimate of drug-likeness (QED) is 0.0686. The number of carboxylic acids is 1. The molecule has 0 spiro atoms. The van der Waals surface area contributed by atoms with Crippen LogP contribution in [-0.2, 0) is 52.3 Å². The summed E-state index contributed by atoms with van der Waals surface area (Å²) in [6.07, 6.45) is -33.9. The Morgan fingerprint density at radius 1 is 0.741 bits per heavy atom. The minimum absolute atomic E-state index is 0.00826. The van der Waals surface area contributed by atoms with E-state index in [0.29, 0.717) is 0 Å². The fourth-order valence-electron chi connectivity index (χ4n) is 7.28. The maximum absolute atomic E-state index is 12.9. The van der Waals surface area contributed by atoms with Crippen molar-refractivity contribution in [3.63, 3.8) is 0 Å². The van der Waals surface area contributed by atoms with Gasteiger partial charge in [-0.25, -0.2) is 4.79 Å². The molecule has 336 valence electrons. The Morgan fingerprint density at radius 3 is 1.86 bits per heavy atom. The van der Waals surface area contributed by atoms with Crippen LogP contribution in [-0.4, -0.2) is 234 Å². The molecule has 0 aliphatic carbocycles. The van der Waals surface area contributed by atoms with Gasteiger partial charge in [-0.3, -0.25) is 9.59 Å². The predicted molar refractivity (Wildman–Crippen MR) is 182 cm³/mol. The smallest absolute Gasteiger partial charge is 0.364 e. The normalized spacial score (nSPS) is 44.5. The van der Waals surface area contributed by atoms with E-state index >= 15 is 0 Å². The molecule has 25 nitrogen and oxygen atoms in total. The van der Waals surface area contributed by atoms with Gasteiger partial charge in [0, 0.05) is 26.9 Å². The number of carbonyl (C=O) groups excluding carboxylic acids is 2. The van der Waals surface area contributed by atoms with E-state index in [0.717, 1.165) is 13.8 Å². The molecule has 0 bridgehead atoms. The summed E-state index contributed by atoms with van der Waals surface area (Å²) in [6.45, 7) is 2.10. The van der Waals surface area contributed by atoms with Crippen molar-refractivity contribution in [2.75, 3.05) is 26.4 Å².